The first-order valence-corrected chi connectivity index (χ1v) is 7.95. The lowest BCUT2D eigenvalue weighted by atomic mass is 10.0. The Morgan fingerprint density at radius 3 is 2.33 bits per heavy atom. The third-order valence-electron chi connectivity index (χ3n) is 3.90. The normalized spacial score (nSPS) is 10.3. The maximum Gasteiger partial charge on any atom is 0.224 e. The highest BCUT2D eigenvalue weighted by molar-refractivity contribution is 6.02. The Morgan fingerprint density at radius 2 is 1.62 bits per heavy atom. The van der Waals surface area contributed by atoms with Crippen LogP contribution in [-0.2, 0) is 4.79 Å². The molecule has 0 radical (unpaired) electrons. The topological polar surface area (TPSA) is 55.4 Å². The number of anilines is 1. The van der Waals surface area contributed by atoms with E-state index in [1.165, 1.54) is 7.11 Å². The Morgan fingerprint density at radius 1 is 0.958 bits per heavy atom. The van der Waals surface area contributed by atoms with Gasteiger partial charge >= 0.3 is 0 Å². The van der Waals surface area contributed by atoms with Gasteiger partial charge in [-0.15, -0.1) is 0 Å². The number of hydrogen-bond donors (Lipinski definition) is 1. The van der Waals surface area contributed by atoms with E-state index in [4.69, 9.17) is 4.74 Å². The van der Waals surface area contributed by atoms with E-state index in [1.54, 1.807) is 12.1 Å². The number of carbonyl (C=O) groups is 2. The van der Waals surface area contributed by atoms with E-state index in [9.17, 15) is 9.59 Å². The summed E-state index contributed by atoms with van der Waals surface area (Å²) < 4.78 is 5.23. The van der Waals surface area contributed by atoms with E-state index < -0.39 is 0 Å². The molecule has 4 heteroatoms. The van der Waals surface area contributed by atoms with Crippen molar-refractivity contribution in [1.82, 2.24) is 0 Å². The minimum Gasteiger partial charge on any atom is -0.496 e. The first kappa shape index (κ1) is 17.7. The predicted octanol–water partition coefficient (Wildman–Crippen LogP) is 4.22. The van der Waals surface area contributed by atoms with Gasteiger partial charge in [0, 0.05) is 18.5 Å². The molecule has 0 fully saturated rings. The average Bonchev–Trinajstić information content (AvgIpc) is 2.56. The molecule has 24 heavy (non-hydrogen) atoms. The van der Waals surface area contributed by atoms with Crippen molar-refractivity contribution in [2.45, 2.75) is 33.6 Å². The molecule has 0 spiro atoms. The molecule has 2 rings (SSSR count). The molecule has 0 aliphatic rings. The van der Waals surface area contributed by atoms with Crippen LogP contribution in [0.2, 0.25) is 0 Å². The van der Waals surface area contributed by atoms with Crippen molar-refractivity contribution < 1.29 is 14.3 Å². The number of aryl methyl sites for hydroxylation is 3. The van der Waals surface area contributed by atoms with Crippen molar-refractivity contribution in [3.8, 4) is 5.75 Å². The molecule has 0 aliphatic carbocycles. The van der Waals surface area contributed by atoms with Crippen LogP contribution in [0.15, 0.2) is 36.4 Å². The summed E-state index contributed by atoms with van der Waals surface area (Å²) in [5.74, 6) is 0.288. The number of carbonyl (C=O) groups excluding carboxylic acids is 2. The van der Waals surface area contributed by atoms with Gasteiger partial charge in [-0.25, -0.2) is 0 Å². The van der Waals surface area contributed by atoms with E-state index in [1.807, 2.05) is 45.0 Å². The summed E-state index contributed by atoms with van der Waals surface area (Å²) in [6.07, 6.45) is 0.291. The van der Waals surface area contributed by atoms with Crippen LogP contribution >= 0.6 is 0 Å². The fourth-order valence-electron chi connectivity index (χ4n) is 2.48. The first-order valence-electron chi connectivity index (χ1n) is 7.95. The SMILES string of the molecule is COc1ccc(C)cc1C(=O)CCC(=O)Nc1cc(C)ccc1C. The molecule has 0 saturated heterocycles. The zero-order chi connectivity index (χ0) is 17.7. The van der Waals surface area contributed by atoms with Gasteiger partial charge in [-0.3, -0.25) is 9.59 Å². The summed E-state index contributed by atoms with van der Waals surface area (Å²) in [5.41, 5.74) is 4.38. The Kier molecular flexibility index (Phi) is 5.74. The third kappa shape index (κ3) is 4.44. The van der Waals surface area contributed by atoms with Crippen LogP contribution in [0.3, 0.4) is 0 Å². The van der Waals surface area contributed by atoms with Gasteiger partial charge in [-0.2, -0.15) is 0 Å². The van der Waals surface area contributed by atoms with Crippen molar-refractivity contribution in [3.63, 3.8) is 0 Å². The van der Waals surface area contributed by atoms with Crippen LogP contribution in [0, 0.1) is 20.8 Å². The minimum atomic E-state index is -0.163. The molecular weight excluding hydrogens is 302 g/mol. The van der Waals surface area contributed by atoms with Gasteiger partial charge in [-0.05, 0) is 50.1 Å². The van der Waals surface area contributed by atoms with Crippen molar-refractivity contribution >= 4 is 17.4 Å². The third-order valence-corrected chi connectivity index (χ3v) is 3.90. The summed E-state index contributed by atoms with van der Waals surface area (Å²) in [6.45, 7) is 5.84. The number of hydrogen-bond acceptors (Lipinski definition) is 3. The van der Waals surface area contributed by atoms with Crippen LogP contribution < -0.4 is 10.1 Å². The molecule has 1 amide bonds. The molecule has 0 aromatic heterocycles. The highest BCUT2D eigenvalue weighted by Gasteiger charge is 2.14. The van der Waals surface area contributed by atoms with Crippen LogP contribution in [0.1, 0.15) is 39.9 Å². The van der Waals surface area contributed by atoms with Gasteiger partial charge < -0.3 is 10.1 Å². The minimum absolute atomic E-state index is 0.0911. The fourth-order valence-corrected chi connectivity index (χ4v) is 2.48. The first-order chi connectivity index (χ1) is 11.4. The molecule has 0 atom stereocenters. The molecule has 0 bridgehead atoms. The number of amides is 1. The monoisotopic (exact) mass is 325 g/mol. The van der Waals surface area contributed by atoms with E-state index >= 15 is 0 Å². The van der Waals surface area contributed by atoms with E-state index in [-0.39, 0.29) is 24.5 Å². The second-order valence-corrected chi connectivity index (χ2v) is 5.99. The van der Waals surface area contributed by atoms with Crippen molar-refractivity contribution in [1.29, 1.82) is 0 Å². The number of ketones is 1. The van der Waals surface area contributed by atoms with Gasteiger partial charge in [0.05, 0.1) is 12.7 Å². The van der Waals surface area contributed by atoms with Crippen LogP contribution in [0.25, 0.3) is 0 Å². The molecule has 1 N–H and O–H groups in total. The Balaban J connectivity index is 2.00. The summed E-state index contributed by atoms with van der Waals surface area (Å²) >= 11 is 0. The predicted molar refractivity (Wildman–Crippen MR) is 95.8 cm³/mol. The molecule has 2 aromatic rings. The van der Waals surface area contributed by atoms with Crippen LogP contribution in [0.4, 0.5) is 5.69 Å². The zero-order valence-electron chi connectivity index (χ0n) is 14.6. The number of methoxy groups -OCH3 is 1. The van der Waals surface area contributed by atoms with Crippen molar-refractivity contribution in [2.24, 2.45) is 0 Å². The van der Waals surface area contributed by atoms with E-state index in [2.05, 4.69) is 5.32 Å². The van der Waals surface area contributed by atoms with Gasteiger partial charge in [-0.1, -0.05) is 23.8 Å². The zero-order valence-corrected chi connectivity index (χ0v) is 14.6. The highest BCUT2D eigenvalue weighted by Crippen LogP contribution is 2.22. The number of nitrogens with one attached hydrogen (secondary N) is 1. The van der Waals surface area contributed by atoms with E-state index in [0.29, 0.717) is 11.3 Å². The van der Waals surface area contributed by atoms with Crippen LogP contribution in [0.5, 0.6) is 5.75 Å². The Labute approximate surface area is 142 Å². The van der Waals surface area contributed by atoms with Gasteiger partial charge in [0.15, 0.2) is 5.78 Å². The number of ether oxygens (including phenoxy) is 1. The summed E-state index contributed by atoms with van der Waals surface area (Å²) in [4.78, 5) is 24.5. The lowest BCUT2D eigenvalue weighted by Gasteiger charge is -2.10. The molecule has 0 heterocycles. The standard InChI is InChI=1S/C20H23NO3/c1-13-6-9-19(24-4)16(11-13)18(22)8-10-20(23)21-17-12-14(2)5-7-15(17)3/h5-7,9,11-12H,8,10H2,1-4H3,(H,21,23). The largest absolute Gasteiger partial charge is 0.496 e. The molecule has 2 aromatic carbocycles. The average molecular weight is 325 g/mol. The van der Waals surface area contributed by atoms with Gasteiger partial charge in [0.2, 0.25) is 5.91 Å². The fraction of sp³-hybridized carbons (Fsp3) is 0.300. The molecule has 126 valence electrons. The maximum atomic E-state index is 12.4. The molecule has 0 saturated carbocycles. The Hall–Kier alpha value is -2.62. The number of benzene rings is 2. The lowest BCUT2D eigenvalue weighted by molar-refractivity contribution is -0.116. The van der Waals surface area contributed by atoms with Crippen molar-refractivity contribution in [2.75, 3.05) is 12.4 Å². The van der Waals surface area contributed by atoms with Crippen LogP contribution in [-0.4, -0.2) is 18.8 Å². The Bertz CT molecular complexity index is 765. The summed E-state index contributed by atoms with van der Waals surface area (Å²) in [5, 5.41) is 2.88. The van der Waals surface area contributed by atoms with E-state index in [0.717, 1.165) is 22.4 Å². The molecule has 4 nitrogen and oxygen atoms in total. The summed E-state index contributed by atoms with van der Waals surface area (Å²) in [6, 6.07) is 11.4. The number of Topliss-reactive ketones (excluding diaryl/α,β-unsaturated/α-hetero) is 1. The number of rotatable bonds is 6. The highest BCUT2D eigenvalue weighted by atomic mass is 16.5. The smallest absolute Gasteiger partial charge is 0.224 e. The lowest BCUT2D eigenvalue weighted by Crippen LogP contribution is -2.14. The van der Waals surface area contributed by atoms with Gasteiger partial charge in [0.1, 0.15) is 5.75 Å². The van der Waals surface area contributed by atoms with Gasteiger partial charge in [0.25, 0.3) is 0 Å². The summed E-state index contributed by atoms with van der Waals surface area (Å²) in [7, 11) is 1.54. The second kappa shape index (κ2) is 7.77. The van der Waals surface area contributed by atoms with Crippen molar-refractivity contribution in [3.05, 3.63) is 58.7 Å². The molecular formula is C20H23NO3. The maximum absolute atomic E-state index is 12.4. The molecule has 0 unspecified atom stereocenters. The quantitative estimate of drug-likeness (QED) is 0.809. The second-order valence-electron chi connectivity index (χ2n) is 5.99. The molecule has 0 aliphatic heterocycles.